The molecule has 0 aliphatic rings. The van der Waals surface area contributed by atoms with E-state index in [1.54, 1.807) is 11.7 Å². The second-order valence-corrected chi connectivity index (χ2v) is 12.9. The van der Waals surface area contributed by atoms with Gasteiger partial charge in [-0.25, -0.2) is 9.18 Å². The standard InChI is InChI=1S/C18H25FN2O4Si/c1-20-17(22)15(11-21(20)12-25-9-10-26(3,4)5)13-7-6-8-14(16(13)19)18(23)24-2/h6-8,11H,9-10,12H2,1-5H3. The summed E-state index contributed by atoms with van der Waals surface area (Å²) in [5.74, 6) is -1.55. The fourth-order valence-corrected chi connectivity index (χ4v) is 3.19. The van der Waals surface area contributed by atoms with Crippen LogP contribution in [0.25, 0.3) is 11.1 Å². The lowest BCUT2D eigenvalue weighted by atomic mass is 10.0. The zero-order chi connectivity index (χ0) is 19.5. The maximum atomic E-state index is 14.7. The average Bonchev–Trinajstić information content (AvgIpc) is 2.86. The molecule has 26 heavy (non-hydrogen) atoms. The highest BCUT2D eigenvalue weighted by molar-refractivity contribution is 6.76. The Bertz CT molecular complexity index is 852. The summed E-state index contributed by atoms with van der Waals surface area (Å²) in [6.45, 7) is 7.60. The molecule has 142 valence electrons. The van der Waals surface area contributed by atoms with E-state index in [9.17, 15) is 14.0 Å². The smallest absolute Gasteiger partial charge is 0.340 e. The van der Waals surface area contributed by atoms with E-state index in [0.717, 1.165) is 6.04 Å². The lowest BCUT2D eigenvalue weighted by Gasteiger charge is -2.16. The van der Waals surface area contributed by atoms with Crippen LogP contribution in [0.1, 0.15) is 10.4 Å². The number of halogens is 1. The molecule has 6 nitrogen and oxygen atoms in total. The molecule has 0 aliphatic heterocycles. The highest BCUT2D eigenvalue weighted by Crippen LogP contribution is 2.23. The van der Waals surface area contributed by atoms with Crippen LogP contribution in [0.15, 0.2) is 29.2 Å². The largest absolute Gasteiger partial charge is 0.465 e. The second-order valence-electron chi connectivity index (χ2n) is 7.32. The Kier molecular flexibility index (Phi) is 6.20. The molecular weight excluding hydrogens is 355 g/mol. The van der Waals surface area contributed by atoms with Gasteiger partial charge in [0.1, 0.15) is 12.5 Å². The van der Waals surface area contributed by atoms with Crippen molar-refractivity contribution in [3.05, 3.63) is 46.1 Å². The molecule has 1 heterocycles. The van der Waals surface area contributed by atoms with Crippen LogP contribution in [0.2, 0.25) is 25.7 Å². The average molecular weight is 380 g/mol. The highest BCUT2D eigenvalue weighted by Gasteiger charge is 2.20. The van der Waals surface area contributed by atoms with Crippen molar-refractivity contribution in [3.63, 3.8) is 0 Å². The van der Waals surface area contributed by atoms with Gasteiger partial charge < -0.3 is 9.47 Å². The monoisotopic (exact) mass is 380 g/mol. The quantitative estimate of drug-likeness (QED) is 0.421. The summed E-state index contributed by atoms with van der Waals surface area (Å²) in [6.07, 6.45) is 1.54. The molecule has 2 rings (SSSR count). The molecule has 0 spiro atoms. The maximum absolute atomic E-state index is 14.7. The van der Waals surface area contributed by atoms with E-state index in [1.165, 1.54) is 36.2 Å². The predicted molar refractivity (Wildman–Crippen MR) is 101 cm³/mol. The Hall–Kier alpha value is -2.19. The van der Waals surface area contributed by atoms with Crippen LogP contribution >= 0.6 is 0 Å². The summed E-state index contributed by atoms with van der Waals surface area (Å²) >= 11 is 0. The summed E-state index contributed by atoms with van der Waals surface area (Å²) in [4.78, 5) is 24.2. The lowest BCUT2D eigenvalue weighted by Crippen LogP contribution is -2.24. The van der Waals surface area contributed by atoms with Crippen LogP contribution in [0.5, 0.6) is 0 Å². The number of hydrogen-bond acceptors (Lipinski definition) is 4. The SMILES string of the molecule is COC(=O)c1cccc(-c2cn(COCC[Si](C)(C)C)n(C)c2=O)c1F. The van der Waals surface area contributed by atoms with Crippen LogP contribution in [0.3, 0.4) is 0 Å². The molecule has 0 atom stereocenters. The molecule has 0 unspecified atom stereocenters. The van der Waals surface area contributed by atoms with Gasteiger partial charge >= 0.3 is 5.97 Å². The molecule has 2 aromatic rings. The molecular formula is C18H25FN2O4Si. The summed E-state index contributed by atoms with van der Waals surface area (Å²) in [5.41, 5.74) is -0.329. The summed E-state index contributed by atoms with van der Waals surface area (Å²) in [5, 5.41) is 0. The molecule has 0 fully saturated rings. The fourth-order valence-electron chi connectivity index (χ4n) is 2.43. The molecule has 0 saturated heterocycles. The summed E-state index contributed by atoms with van der Waals surface area (Å²) in [7, 11) is 1.58. The Morgan fingerprint density at radius 2 is 1.92 bits per heavy atom. The molecule has 0 bridgehead atoms. The van der Waals surface area contributed by atoms with Gasteiger partial charge in [0, 0.05) is 33.5 Å². The van der Waals surface area contributed by atoms with E-state index in [1.807, 2.05) is 0 Å². The third-order valence-electron chi connectivity index (χ3n) is 4.10. The third-order valence-corrected chi connectivity index (χ3v) is 5.81. The van der Waals surface area contributed by atoms with Gasteiger partial charge in [0.2, 0.25) is 0 Å². The number of ether oxygens (including phenoxy) is 2. The first-order valence-corrected chi connectivity index (χ1v) is 12.1. The first-order valence-electron chi connectivity index (χ1n) is 8.37. The zero-order valence-electron chi connectivity index (χ0n) is 15.8. The van der Waals surface area contributed by atoms with Crippen molar-refractivity contribution < 1.29 is 18.7 Å². The Morgan fingerprint density at radius 1 is 1.23 bits per heavy atom. The molecule has 1 aromatic heterocycles. The number of methoxy groups -OCH3 is 1. The van der Waals surface area contributed by atoms with Crippen LogP contribution < -0.4 is 5.56 Å². The van der Waals surface area contributed by atoms with Crippen molar-refractivity contribution in [3.8, 4) is 11.1 Å². The van der Waals surface area contributed by atoms with E-state index in [4.69, 9.17) is 4.74 Å². The molecule has 0 saturated carbocycles. The van der Waals surface area contributed by atoms with Crippen molar-refractivity contribution >= 4 is 14.0 Å². The topological polar surface area (TPSA) is 62.5 Å². The van der Waals surface area contributed by atoms with Crippen LogP contribution in [0.4, 0.5) is 4.39 Å². The third kappa shape index (κ3) is 4.50. The first-order chi connectivity index (χ1) is 12.2. The summed E-state index contributed by atoms with van der Waals surface area (Å²) < 4.78 is 27.9. The number of nitrogens with zero attached hydrogens (tertiary/aromatic N) is 2. The minimum absolute atomic E-state index is 0.0642. The van der Waals surface area contributed by atoms with Gasteiger partial charge in [-0.2, -0.15) is 0 Å². The van der Waals surface area contributed by atoms with Crippen molar-refractivity contribution in [1.29, 1.82) is 0 Å². The van der Waals surface area contributed by atoms with E-state index in [2.05, 4.69) is 24.4 Å². The van der Waals surface area contributed by atoms with Gasteiger partial charge in [-0.05, 0) is 12.1 Å². The van der Waals surface area contributed by atoms with Gasteiger partial charge in [0.15, 0.2) is 0 Å². The normalized spacial score (nSPS) is 11.6. The van der Waals surface area contributed by atoms with E-state index >= 15 is 0 Å². The van der Waals surface area contributed by atoms with E-state index < -0.39 is 19.9 Å². The fraction of sp³-hybridized carbons (Fsp3) is 0.444. The predicted octanol–water partition coefficient (Wildman–Crippen LogP) is 3.09. The molecule has 0 radical (unpaired) electrons. The second kappa shape index (κ2) is 8.01. The van der Waals surface area contributed by atoms with Gasteiger partial charge in [-0.3, -0.25) is 14.2 Å². The van der Waals surface area contributed by atoms with Gasteiger partial charge in [0.05, 0.1) is 18.2 Å². The molecule has 0 amide bonds. The highest BCUT2D eigenvalue weighted by atomic mass is 28.3. The Morgan fingerprint density at radius 3 is 2.54 bits per heavy atom. The van der Waals surface area contributed by atoms with E-state index in [0.29, 0.717) is 6.61 Å². The van der Waals surface area contributed by atoms with Crippen molar-refractivity contribution in [2.75, 3.05) is 13.7 Å². The van der Waals surface area contributed by atoms with Gasteiger partial charge in [-0.1, -0.05) is 31.8 Å². The number of carbonyl (C=O) groups is 1. The van der Waals surface area contributed by atoms with Gasteiger partial charge in [-0.15, -0.1) is 0 Å². The Labute approximate surface area is 153 Å². The number of carbonyl (C=O) groups excluding carboxylic acids is 1. The minimum Gasteiger partial charge on any atom is -0.465 e. The number of aromatic nitrogens is 2. The number of esters is 1. The van der Waals surface area contributed by atoms with Crippen molar-refractivity contribution in [1.82, 2.24) is 9.36 Å². The molecule has 8 heteroatoms. The van der Waals surface area contributed by atoms with E-state index in [-0.39, 0.29) is 29.0 Å². The summed E-state index contributed by atoms with van der Waals surface area (Å²) in [6, 6.07) is 5.33. The number of hydrogen-bond donors (Lipinski definition) is 0. The van der Waals surface area contributed by atoms with Crippen molar-refractivity contribution in [2.24, 2.45) is 7.05 Å². The van der Waals surface area contributed by atoms with Crippen LogP contribution in [-0.4, -0.2) is 37.1 Å². The molecule has 0 aliphatic carbocycles. The number of rotatable bonds is 7. The Balaban J connectivity index is 2.27. The zero-order valence-corrected chi connectivity index (χ0v) is 16.8. The van der Waals surface area contributed by atoms with Gasteiger partial charge in [0.25, 0.3) is 5.56 Å². The molecule has 0 N–H and O–H groups in total. The molecule has 1 aromatic carbocycles. The van der Waals surface area contributed by atoms with Crippen LogP contribution in [0, 0.1) is 5.82 Å². The lowest BCUT2D eigenvalue weighted by molar-refractivity contribution is 0.0595. The minimum atomic E-state index is -1.19. The maximum Gasteiger partial charge on any atom is 0.340 e. The van der Waals surface area contributed by atoms with Crippen LogP contribution in [-0.2, 0) is 23.3 Å². The number of benzene rings is 1. The van der Waals surface area contributed by atoms with Crippen molar-refractivity contribution in [2.45, 2.75) is 32.4 Å². The first kappa shape index (κ1) is 20.1.